The van der Waals surface area contributed by atoms with Crippen molar-refractivity contribution in [2.24, 2.45) is 0 Å². The van der Waals surface area contributed by atoms with E-state index in [1.54, 1.807) is 24.3 Å². The summed E-state index contributed by atoms with van der Waals surface area (Å²) in [5, 5.41) is 0. The number of hydrogen-bond acceptors (Lipinski definition) is 4. The zero-order valence-corrected chi connectivity index (χ0v) is 20.9. The zero-order chi connectivity index (χ0) is 25.3. The highest BCUT2D eigenvalue weighted by molar-refractivity contribution is 6.22. The van der Waals surface area contributed by atoms with Crippen LogP contribution in [0.4, 0.5) is 0 Å². The molecule has 0 spiro atoms. The van der Waals surface area contributed by atoms with Gasteiger partial charge in [-0.15, -0.1) is 0 Å². The number of carbonyl (C=O) groups is 3. The van der Waals surface area contributed by atoms with Crippen LogP contribution in [0.25, 0.3) is 0 Å². The first-order chi connectivity index (χ1) is 16.6. The Morgan fingerprint density at radius 2 is 1.37 bits per heavy atom. The number of esters is 1. The summed E-state index contributed by atoms with van der Waals surface area (Å²) in [5.41, 5.74) is 5.72. The van der Waals surface area contributed by atoms with Crippen LogP contribution < -0.4 is 0 Å². The van der Waals surface area contributed by atoms with Crippen molar-refractivity contribution >= 4 is 17.8 Å². The van der Waals surface area contributed by atoms with Gasteiger partial charge in [-0.1, -0.05) is 75.4 Å². The maximum atomic E-state index is 13.4. The highest BCUT2D eigenvalue weighted by Crippen LogP contribution is 2.29. The molecule has 3 aromatic carbocycles. The first-order valence-corrected chi connectivity index (χ1v) is 11.9. The Balaban J connectivity index is 1.61. The van der Waals surface area contributed by atoms with Crippen molar-refractivity contribution in [2.75, 3.05) is 0 Å². The summed E-state index contributed by atoms with van der Waals surface area (Å²) in [5.74, 6) is -1.53. The van der Waals surface area contributed by atoms with Crippen LogP contribution in [-0.4, -0.2) is 28.7 Å². The van der Waals surface area contributed by atoms with E-state index in [0.717, 1.165) is 27.2 Å². The molecule has 1 atom stereocenters. The predicted molar refractivity (Wildman–Crippen MR) is 135 cm³/mol. The normalized spacial score (nSPS) is 14.1. The quantitative estimate of drug-likeness (QED) is 0.351. The second-order valence-corrected chi connectivity index (χ2v) is 10.2. The third kappa shape index (κ3) is 4.90. The summed E-state index contributed by atoms with van der Waals surface area (Å²) >= 11 is 0. The number of ether oxygens (including phenoxy) is 1. The van der Waals surface area contributed by atoms with Gasteiger partial charge in [0.1, 0.15) is 12.6 Å². The van der Waals surface area contributed by atoms with Crippen LogP contribution in [0.1, 0.15) is 69.3 Å². The molecule has 2 amide bonds. The van der Waals surface area contributed by atoms with E-state index >= 15 is 0 Å². The average Bonchev–Trinajstić information content (AvgIpc) is 3.07. The van der Waals surface area contributed by atoms with Crippen molar-refractivity contribution in [1.29, 1.82) is 0 Å². The van der Waals surface area contributed by atoms with Crippen LogP contribution in [0.2, 0.25) is 0 Å². The van der Waals surface area contributed by atoms with Gasteiger partial charge in [-0.05, 0) is 59.2 Å². The molecule has 5 nitrogen and oxygen atoms in total. The van der Waals surface area contributed by atoms with Crippen molar-refractivity contribution in [3.63, 3.8) is 0 Å². The summed E-state index contributed by atoms with van der Waals surface area (Å²) in [6.45, 7) is 10.6. The molecule has 0 saturated heterocycles. The standard InChI is InChI=1S/C30H31NO4/c1-19-15-22(30(3,4)5)16-20(2)25(19)18-35-29(34)26(17-21-11-7-6-8-12-21)31-27(32)23-13-9-10-14-24(23)28(31)33/h6-16,26H,17-18H2,1-5H3. The van der Waals surface area contributed by atoms with Gasteiger partial charge in [0.2, 0.25) is 0 Å². The minimum Gasteiger partial charge on any atom is -0.459 e. The minimum absolute atomic E-state index is 0.0109. The zero-order valence-electron chi connectivity index (χ0n) is 20.9. The highest BCUT2D eigenvalue weighted by Gasteiger charge is 2.43. The fourth-order valence-corrected chi connectivity index (χ4v) is 4.50. The smallest absolute Gasteiger partial charge is 0.330 e. The maximum Gasteiger partial charge on any atom is 0.330 e. The summed E-state index contributed by atoms with van der Waals surface area (Å²) in [4.78, 5) is 40.8. The summed E-state index contributed by atoms with van der Waals surface area (Å²) < 4.78 is 5.77. The average molecular weight is 470 g/mol. The fraction of sp³-hybridized carbons (Fsp3) is 0.300. The van der Waals surface area contributed by atoms with Crippen LogP contribution in [0.5, 0.6) is 0 Å². The summed E-state index contributed by atoms with van der Waals surface area (Å²) in [6.07, 6.45) is 0.187. The minimum atomic E-state index is -1.06. The number of nitrogens with zero attached hydrogens (tertiary/aromatic N) is 1. The molecule has 1 aliphatic heterocycles. The number of rotatable bonds is 6. The molecular weight excluding hydrogens is 438 g/mol. The molecule has 0 fully saturated rings. The second kappa shape index (κ2) is 9.49. The molecule has 0 N–H and O–H groups in total. The molecule has 0 bridgehead atoms. The lowest BCUT2D eigenvalue weighted by atomic mass is 9.84. The Morgan fingerprint density at radius 1 is 0.857 bits per heavy atom. The van der Waals surface area contributed by atoms with Gasteiger partial charge in [0.15, 0.2) is 0 Å². The van der Waals surface area contributed by atoms with Crippen molar-refractivity contribution in [3.05, 3.63) is 106 Å². The van der Waals surface area contributed by atoms with Crippen LogP contribution in [0, 0.1) is 13.8 Å². The number of hydrogen-bond donors (Lipinski definition) is 0. The molecule has 1 unspecified atom stereocenters. The van der Waals surface area contributed by atoms with Gasteiger partial charge in [-0.2, -0.15) is 0 Å². The number of carbonyl (C=O) groups excluding carboxylic acids is 3. The third-order valence-electron chi connectivity index (χ3n) is 6.60. The Labute approximate surface area is 206 Å². The van der Waals surface area contributed by atoms with Crippen molar-refractivity contribution in [1.82, 2.24) is 4.90 Å². The molecule has 4 rings (SSSR count). The first kappa shape index (κ1) is 24.4. The predicted octanol–water partition coefficient (Wildman–Crippen LogP) is 5.55. The van der Waals surface area contributed by atoms with Crippen LogP contribution in [-0.2, 0) is 28.0 Å². The third-order valence-corrected chi connectivity index (χ3v) is 6.60. The van der Waals surface area contributed by atoms with Gasteiger partial charge in [-0.3, -0.25) is 14.5 Å². The van der Waals surface area contributed by atoms with Gasteiger partial charge in [-0.25, -0.2) is 4.79 Å². The Kier molecular flexibility index (Phi) is 6.62. The first-order valence-electron chi connectivity index (χ1n) is 11.9. The van der Waals surface area contributed by atoms with E-state index in [1.807, 2.05) is 44.2 Å². The maximum absolute atomic E-state index is 13.4. The van der Waals surface area contributed by atoms with Gasteiger partial charge in [0, 0.05) is 6.42 Å². The van der Waals surface area contributed by atoms with E-state index in [9.17, 15) is 14.4 Å². The van der Waals surface area contributed by atoms with Gasteiger partial charge < -0.3 is 4.74 Å². The number of fused-ring (bicyclic) bond motifs is 1. The van der Waals surface area contributed by atoms with E-state index in [4.69, 9.17) is 4.74 Å². The van der Waals surface area contributed by atoms with Crippen molar-refractivity contribution in [2.45, 2.75) is 59.1 Å². The number of aryl methyl sites for hydroxylation is 2. The molecule has 1 aliphatic rings. The van der Waals surface area contributed by atoms with Gasteiger partial charge >= 0.3 is 5.97 Å². The Hall–Kier alpha value is -3.73. The molecule has 35 heavy (non-hydrogen) atoms. The van der Waals surface area contributed by atoms with E-state index in [1.165, 1.54) is 5.56 Å². The molecule has 5 heteroatoms. The highest BCUT2D eigenvalue weighted by atomic mass is 16.5. The largest absolute Gasteiger partial charge is 0.459 e. The molecule has 0 radical (unpaired) electrons. The molecule has 1 heterocycles. The topological polar surface area (TPSA) is 63.7 Å². The molecule has 0 aromatic heterocycles. The number of amides is 2. The van der Waals surface area contributed by atoms with Crippen molar-refractivity contribution < 1.29 is 19.1 Å². The lowest BCUT2D eigenvalue weighted by molar-refractivity contribution is -0.149. The molecular formula is C30H31NO4. The van der Waals surface area contributed by atoms with Gasteiger partial charge in [0.25, 0.3) is 11.8 Å². The van der Waals surface area contributed by atoms with Crippen LogP contribution in [0.15, 0.2) is 66.7 Å². The fourth-order valence-electron chi connectivity index (χ4n) is 4.50. The molecule has 180 valence electrons. The lowest BCUT2D eigenvalue weighted by Gasteiger charge is -2.26. The van der Waals surface area contributed by atoms with E-state index < -0.39 is 23.8 Å². The monoisotopic (exact) mass is 469 g/mol. The van der Waals surface area contributed by atoms with E-state index in [2.05, 4.69) is 32.9 Å². The molecule has 0 saturated carbocycles. The molecule has 3 aromatic rings. The summed E-state index contributed by atoms with van der Waals surface area (Å²) in [6, 6.07) is 19.2. The van der Waals surface area contributed by atoms with Crippen LogP contribution in [0.3, 0.4) is 0 Å². The molecule has 0 aliphatic carbocycles. The Bertz CT molecular complexity index is 1230. The SMILES string of the molecule is Cc1cc(C(C)(C)C)cc(C)c1COC(=O)C(Cc1ccccc1)N1C(=O)c2ccccc2C1=O. The van der Waals surface area contributed by atoms with Crippen LogP contribution >= 0.6 is 0 Å². The van der Waals surface area contributed by atoms with E-state index in [-0.39, 0.29) is 18.4 Å². The Morgan fingerprint density at radius 3 is 1.89 bits per heavy atom. The second-order valence-electron chi connectivity index (χ2n) is 10.2. The number of imide groups is 1. The number of benzene rings is 3. The van der Waals surface area contributed by atoms with Gasteiger partial charge in [0.05, 0.1) is 11.1 Å². The van der Waals surface area contributed by atoms with Crippen molar-refractivity contribution in [3.8, 4) is 0 Å². The summed E-state index contributed by atoms with van der Waals surface area (Å²) in [7, 11) is 0. The van der Waals surface area contributed by atoms with E-state index in [0.29, 0.717) is 11.1 Å². The lowest BCUT2D eigenvalue weighted by Crippen LogP contribution is -2.47.